The Labute approximate surface area is 329 Å². The third kappa shape index (κ3) is 4.63. The molecule has 1 spiro atoms. The van der Waals surface area contributed by atoms with Gasteiger partial charge in [-0.1, -0.05) is 140 Å². The fourth-order valence-electron chi connectivity index (χ4n) is 9.49. The van der Waals surface area contributed by atoms with Gasteiger partial charge in [-0.2, -0.15) is 0 Å². The van der Waals surface area contributed by atoms with Crippen LogP contribution in [0.3, 0.4) is 0 Å². The molecular weight excluding hydrogens is 697 g/mol. The number of hydrogen-bond acceptors (Lipinski definition) is 4. The van der Waals surface area contributed by atoms with E-state index in [0.717, 1.165) is 56.7 Å². The molecule has 3 heterocycles. The molecule has 1 aromatic heterocycles. The topological polar surface area (TPSA) is 50.9 Å². The van der Waals surface area contributed by atoms with Crippen molar-refractivity contribution in [2.45, 2.75) is 11.6 Å². The number of rotatable bonds is 4. The Hall–Kier alpha value is -7.50. The van der Waals surface area contributed by atoms with Crippen molar-refractivity contribution in [3.63, 3.8) is 0 Å². The molecule has 268 valence electrons. The zero-order valence-electron chi connectivity index (χ0n) is 30.8. The second-order valence-electron chi connectivity index (χ2n) is 14.9. The van der Waals surface area contributed by atoms with Crippen molar-refractivity contribution in [1.29, 1.82) is 0 Å². The van der Waals surface area contributed by atoms with Gasteiger partial charge >= 0.3 is 0 Å². The van der Waals surface area contributed by atoms with E-state index in [9.17, 15) is 0 Å². The van der Waals surface area contributed by atoms with Crippen LogP contribution in [0.2, 0.25) is 0 Å². The summed E-state index contributed by atoms with van der Waals surface area (Å²) in [5, 5.41) is 6.11. The molecule has 1 atom stereocenters. The van der Waals surface area contributed by atoms with Crippen molar-refractivity contribution in [2.75, 3.05) is 0 Å². The van der Waals surface area contributed by atoms with Gasteiger partial charge in [-0.3, -0.25) is 0 Å². The van der Waals surface area contributed by atoms with Crippen LogP contribution >= 0.6 is 0 Å². The normalized spacial score (nSPS) is 15.8. The first-order valence-electron chi connectivity index (χ1n) is 19.4. The Morgan fingerprint density at radius 1 is 0.456 bits per heavy atom. The number of hydrogen-bond donors (Lipinski definition) is 1. The zero-order chi connectivity index (χ0) is 37.5. The highest BCUT2D eigenvalue weighted by molar-refractivity contribution is 6.16. The molecule has 12 rings (SSSR count). The van der Waals surface area contributed by atoms with E-state index in [-0.39, 0.29) is 0 Å². The van der Waals surface area contributed by atoms with E-state index in [4.69, 9.17) is 14.7 Å². The van der Waals surface area contributed by atoms with Gasteiger partial charge in [-0.05, 0) is 82.4 Å². The van der Waals surface area contributed by atoms with Crippen LogP contribution in [0.4, 0.5) is 0 Å². The molecule has 3 aliphatic rings. The number of ether oxygens (including phenoxy) is 1. The predicted molar refractivity (Wildman–Crippen MR) is 230 cm³/mol. The summed E-state index contributed by atoms with van der Waals surface area (Å²) in [7, 11) is 0. The summed E-state index contributed by atoms with van der Waals surface area (Å²) in [6, 6.07) is 68.9. The molecule has 1 unspecified atom stereocenters. The predicted octanol–water partition coefficient (Wildman–Crippen LogP) is 11.7. The summed E-state index contributed by atoms with van der Waals surface area (Å²) in [5.74, 6) is 3.32. The minimum atomic E-state index is -0.568. The van der Waals surface area contributed by atoms with E-state index in [2.05, 4.69) is 198 Å². The van der Waals surface area contributed by atoms with E-state index in [0.29, 0.717) is 0 Å². The minimum absolute atomic E-state index is 0.482. The molecule has 5 nitrogen and oxygen atoms in total. The van der Waals surface area contributed by atoms with Crippen LogP contribution in [0, 0.1) is 0 Å². The first kappa shape index (κ1) is 31.8. The van der Waals surface area contributed by atoms with Gasteiger partial charge in [0.2, 0.25) is 0 Å². The average Bonchev–Trinajstić information content (AvgIpc) is 3.77. The number of benzene rings is 8. The number of nitrogens with one attached hydrogen (secondary N) is 1. The second kappa shape index (κ2) is 12.3. The summed E-state index contributed by atoms with van der Waals surface area (Å²) < 4.78 is 8.93. The monoisotopic (exact) mass is 730 g/mol. The Morgan fingerprint density at radius 3 is 1.65 bits per heavy atom. The number of nitrogens with zero attached hydrogens (tertiary/aromatic N) is 3. The van der Waals surface area contributed by atoms with Gasteiger partial charge < -0.3 is 14.6 Å². The fraction of sp³-hybridized carbons (Fsp3) is 0.0385. The molecular formula is C52H34N4O. The molecule has 1 aliphatic carbocycles. The van der Waals surface area contributed by atoms with Gasteiger partial charge in [-0.25, -0.2) is 9.98 Å². The Balaban J connectivity index is 1.02. The number of aliphatic imine (C=N–C) groups is 2. The smallest absolute Gasteiger partial charge is 0.169 e. The molecule has 0 bridgehead atoms. The van der Waals surface area contributed by atoms with Crippen LogP contribution in [-0.4, -0.2) is 16.2 Å². The first-order valence-corrected chi connectivity index (χ1v) is 19.4. The van der Waals surface area contributed by atoms with Crippen molar-refractivity contribution in [1.82, 2.24) is 9.88 Å². The van der Waals surface area contributed by atoms with Crippen LogP contribution in [-0.2, 0) is 5.41 Å². The summed E-state index contributed by atoms with van der Waals surface area (Å²) in [6.07, 6.45) is -0.482. The maximum absolute atomic E-state index is 6.59. The van der Waals surface area contributed by atoms with Crippen LogP contribution in [0.5, 0.6) is 11.5 Å². The number of para-hydroxylation sites is 4. The summed E-state index contributed by atoms with van der Waals surface area (Å²) >= 11 is 0. The van der Waals surface area contributed by atoms with Crippen molar-refractivity contribution in [3.8, 4) is 28.3 Å². The van der Waals surface area contributed by atoms with E-state index in [1.165, 1.54) is 44.1 Å². The van der Waals surface area contributed by atoms with Gasteiger partial charge in [0.25, 0.3) is 0 Å². The average molecular weight is 731 g/mol. The van der Waals surface area contributed by atoms with Crippen LogP contribution < -0.4 is 10.1 Å². The van der Waals surface area contributed by atoms with Crippen molar-refractivity contribution in [2.24, 2.45) is 9.98 Å². The SMILES string of the molecule is c1ccc(C2=NC(c3ccc4c(c3)C3(c5ccccc5Oc5ccccc53)c3ccccc3-4)N=C(c3ccc(-n4c5ccccc5c5ccccc54)cc3)N2)cc1. The highest BCUT2D eigenvalue weighted by Gasteiger charge is 2.51. The fourth-order valence-corrected chi connectivity index (χ4v) is 9.49. The lowest BCUT2D eigenvalue weighted by molar-refractivity contribution is 0.436. The molecule has 0 saturated carbocycles. The zero-order valence-corrected chi connectivity index (χ0v) is 30.8. The third-order valence-corrected chi connectivity index (χ3v) is 11.9. The molecule has 5 heteroatoms. The maximum Gasteiger partial charge on any atom is 0.169 e. The lowest BCUT2D eigenvalue weighted by atomic mass is 9.66. The quantitative estimate of drug-likeness (QED) is 0.196. The van der Waals surface area contributed by atoms with Crippen LogP contribution in [0.25, 0.3) is 38.6 Å². The standard InChI is InChI=1S/C52H34N4O/c1-2-14-33(15-3-1)49-53-50(34-26-29-36(30-27-34)56-45-22-10-5-17-39(45)40-18-6-11-23-46(40)56)55-51(54-49)35-28-31-38-37-16-4-7-19-41(37)52(44(38)32-35)42-20-8-12-24-47(42)57-48-25-13-9-21-43(48)52/h1-32,51H,(H,53,54,55). The highest BCUT2D eigenvalue weighted by atomic mass is 16.5. The maximum atomic E-state index is 6.59. The van der Waals surface area contributed by atoms with E-state index >= 15 is 0 Å². The van der Waals surface area contributed by atoms with Crippen molar-refractivity contribution in [3.05, 3.63) is 233 Å². The van der Waals surface area contributed by atoms with Gasteiger partial charge in [0.05, 0.1) is 16.4 Å². The van der Waals surface area contributed by atoms with E-state index in [1.54, 1.807) is 0 Å². The molecule has 8 aromatic carbocycles. The molecule has 0 radical (unpaired) electrons. The number of amidine groups is 2. The number of fused-ring (bicyclic) bond motifs is 12. The van der Waals surface area contributed by atoms with Gasteiger partial charge in [0.1, 0.15) is 23.2 Å². The molecule has 0 fully saturated rings. The molecule has 2 aliphatic heterocycles. The summed E-state index contributed by atoms with van der Waals surface area (Å²) in [6.45, 7) is 0. The van der Waals surface area contributed by atoms with Crippen molar-refractivity contribution >= 4 is 33.5 Å². The van der Waals surface area contributed by atoms with Gasteiger partial charge in [-0.15, -0.1) is 0 Å². The molecule has 57 heavy (non-hydrogen) atoms. The van der Waals surface area contributed by atoms with Crippen LogP contribution in [0.1, 0.15) is 45.1 Å². The van der Waals surface area contributed by atoms with Gasteiger partial charge in [0, 0.05) is 38.7 Å². The van der Waals surface area contributed by atoms with Crippen molar-refractivity contribution < 1.29 is 4.74 Å². The second-order valence-corrected chi connectivity index (χ2v) is 14.9. The molecule has 0 saturated heterocycles. The van der Waals surface area contributed by atoms with E-state index < -0.39 is 11.6 Å². The molecule has 1 N–H and O–H groups in total. The summed E-state index contributed by atoms with van der Waals surface area (Å²) in [4.78, 5) is 10.7. The minimum Gasteiger partial charge on any atom is -0.457 e. The Bertz CT molecular complexity index is 3040. The number of aromatic nitrogens is 1. The first-order chi connectivity index (χ1) is 28.3. The largest absolute Gasteiger partial charge is 0.457 e. The third-order valence-electron chi connectivity index (χ3n) is 11.9. The van der Waals surface area contributed by atoms with Crippen LogP contribution in [0.15, 0.2) is 204 Å². The van der Waals surface area contributed by atoms with Gasteiger partial charge in [0.15, 0.2) is 6.17 Å². The Kier molecular flexibility index (Phi) is 6.84. The summed E-state index contributed by atoms with van der Waals surface area (Å²) in [5.41, 5.74) is 13.1. The van der Waals surface area contributed by atoms with E-state index in [1.807, 2.05) is 6.07 Å². The molecule has 0 amide bonds. The Morgan fingerprint density at radius 2 is 0.982 bits per heavy atom. The lowest BCUT2D eigenvalue weighted by Gasteiger charge is -2.39. The molecule has 9 aromatic rings. The highest BCUT2D eigenvalue weighted by Crippen LogP contribution is 2.62. The lowest BCUT2D eigenvalue weighted by Crippen LogP contribution is -2.36.